The second kappa shape index (κ2) is 6.67. The molecule has 0 bridgehead atoms. The van der Waals surface area contributed by atoms with Crippen molar-refractivity contribution in [3.05, 3.63) is 95.5 Å². The summed E-state index contributed by atoms with van der Waals surface area (Å²) in [5.41, 5.74) is 12.9. The minimum Gasteiger partial charge on any atom is -0.399 e. The summed E-state index contributed by atoms with van der Waals surface area (Å²) in [5.74, 6) is -0.224. The van der Waals surface area contributed by atoms with Gasteiger partial charge in [-0.3, -0.25) is 4.99 Å². The molecule has 1 aliphatic rings. The Kier molecular flexibility index (Phi) is 4.43. The predicted molar refractivity (Wildman–Crippen MR) is 99.3 cm³/mol. The number of nitrogen functional groups attached to an aromatic ring is 1. The Hall–Kier alpha value is -2.94. The molecule has 1 aliphatic carbocycles. The maximum Gasteiger partial charge on any atom is 0.123 e. The maximum atomic E-state index is 13.1. The van der Waals surface area contributed by atoms with Gasteiger partial charge in [-0.05, 0) is 54.8 Å². The van der Waals surface area contributed by atoms with Gasteiger partial charge in [0.25, 0.3) is 0 Å². The van der Waals surface area contributed by atoms with E-state index in [9.17, 15) is 4.39 Å². The van der Waals surface area contributed by atoms with Crippen LogP contribution in [0, 0.1) is 5.82 Å². The number of allylic oxidation sites excluding steroid dienone is 4. The van der Waals surface area contributed by atoms with Crippen molar-refractivity contribution in [1.82, 2.24) is 0 Å². The molecule has 0 spiro atoms. The monoisotopic (exact) mass is 318 g/mol. The Morgan fingerprint density at radius 3 is 2.42 bits per heavy atom. The quantitative estimate of drug-likeness (QED) is 0.615. The number of hydrogen-bond donors (Lipinski definition) is 1. The summed E-state index contributed by atoms with van der Waals surface area (Å²) in [6.07, 6.45) is 4.50. The molecule has 0 unspecified atom stereocenters. The standard InChI is InChI=1S/C21H19FN2/c1-3-24-21(16-6-10-19(23)11-7-16)20-13-17(12-14(20)2)15-4-8-18(22)9-5-15/h3-11,13H,1,12,23H2,2H3/b24-21-. The van der Waals surface area contributed by atoms with Gasteiger partial charge in [-0.15, -0.1) is 0 Å². The number of aliphatic imine (C=N–C) groups is 1. The van der Waals surface area contributed by atoms with Crippen LogP contribution in [0.1, 0.15) is 24.5 Å². The molecule has 2 nitrogen and oxygen atoms in total. The highest BCUT2D eigenvalue weighted by Crippen LogP contribution is 2.34. The van der Waals surface area contributed by atoms with Gasteiger partial charge >= 0.3 is 0 Å². The van der Waals surface area contributed by atoms with E-state index in [0.29, 0.717) is 0 Å². The molecular formula is C21H19FN2. The third-order valence-corrected chi connectivity index (χ3v) is 4.11. The van der Waals surface area contributed by atoms with E-state index in [1.54, 1.807) is 6.20 Å². The zero-order chi connectivity index (χ0) is 17.1. The van der Waals surface area contributed by atoms with E-state index in [0.717, 1.165) is 40.1 Å². The average Bonchev–Trinajstić information content (AvgIpc) is 2.96. The molecule has 2 aromatic carbocycles. The number of nitrogens with zero attached hydrogens (tertiary/aromatic N) is 1. The van der Waals surface area contributed by atoms with Gasteiger partial charge in [0.15, 0.2) is 0 Å². The van der Waals surface area contributed by atoms with E-state index in [-0.39, 0.29) is 5.82 Å². The first kappa shape index (κ1) is 15.9. The lowest BCUT2D eigenvalue weighted by atomic mass is 10.00. The van der Waals surface area contributed by atoms with Crippen molar-refractivity contribution < 1.29 is 4.39 Å². The molecule has 0 saturated carbocycles. The molecule has 0 radical (unpaired) electrons. The first-order valence-electron chi connectivity index (χ1n) is 7.79. The zero-order valence-electron chi connectivity index (χ0n) is 13.6. The van der Waals surface area contributed by atoms with Crippen molar-refractivity contribution in [2.75, 3.05) is 5.73 Å². The van der Waals surface area contributed by atoms with E-state index >= 15 is 0 Å². The Morgan fingerprint density at radius 1 is 1.12 bits per heavy atom. The van der Waals surface area contributed by atoms with Gasteiger partial charge in [-0.2, -0.15) is 0 Å². The summed E-state index contributed by atoms with van der Waals surface area (Å²) >= 11 is 0. The highest BCUT2D eigenvalue weighted by atomic mass is 19.1. The smallest absolute Gasteiger partial charge is 0.123 e. The van der Waals surface area contributed by atoms with Gasteiger partial charge in [0.1, 0.15) is 5.82 Å². The zero-order valence-corrected chi connectivity index (χ0v) is 13.6. The van der Waals surface area contributed by atoms with Crippen molar-refractivity contribution in [2.45, 2.75) is 13.3 Å². The topological polar surface area (TPSA) is 38.4 Å². The number of halogens is 1. The van der Waals surface area contributed by atoms with Gasteiger partial charge in [-0.25, -0.2) is 4.39 Å². The molecule has 2 aromatic rings. The molecule has 0 aliphatic heterocycles. The number of hydrogen-bond acceptors (Lipinski definition) is 2. The van der Waals surface area contributed by atoms with Crippen LogP contribution in [0.2, 0.25) is 0 Å². The Balaban J connectivity index is 2.00. The summed E-state index contributed by atoms with van der Waals surface area (Å²) in [5, 5.41) is 0. The second-order valence-electron chi connectivity index (χ2n) is 5.83. The largest absolute Gasteiger partial charge is 0.399 e. The first-order valence-corrected chi connectivity index (χ1v) is 7.79. The van der Waals surface area contributed by atoms with Crippen LogP contribution in [-0.4, -0.2) is 5.71 Å². The lowest BCUT2D eigenvalue weighted by molar-refractivity contribution is 0.627. The van der Waals surface area contributed by atoms with Gasteiger partial charge in [-0.1, -0.05) is 36.4 Å². The Labute approximate surface area is 141 Å². The van der Waals surface area contributed by atoms with Crippen LogP contribution >= 0.6 is 0 Å². The second-order valence-corrected chi connectivity index (χ2v) is 5.83. The molecule has 0 heterocycles. The summed E-state index contributed by atoms with van der Waals surface area (Å²) in [6.45, 7) is 5.83. The fraction of sp³-hybridized carbons (Fsp3) is 0.0952. The highest BCUT2D eigenvalue weighted by molar-refractivity contribution is 6.17. The van der Waals surface area contributed by atoms with Crippen molar-refractivity contribution in [3.63, 3.8) is 0 Å². The molecular weight excluding hydrogens is 299 g/mol. The van der Waals surface area contributed by atoms with E-state index in [1.165, 1.54) is 17.7 Å². The average molecular weight is 318 g/mol. The van der Waals surface area contributed by atoms with Crippen LogP contribution in [0.4, 0.5) is 10.1 Å². The molecule has 120 valence electrons. The lowest BCUT2D eigenvalue weighted by Gasteiger charge is -2.08. The van der Waals surface area contributed by atoms with Crippen LogP contribution in [0.15, 0.2) is 83.5 Å². The summed E-state index contributed by atoms with van der Waals surface area (Å²) < 4.78 is 13.1. The maximum absolute atomic E-state index is 13.1. The van der Waals surface area contributed by atoms with Gasteiger partial charge in [0.05, 0.1) is 5.71 Å². The SMILES string of the molecule is C=C/N=C(\C1=C(C)CC(c2ccc(F)cc2)=C1)c1ccc(N)cc1. The van der Waals surface area contributed by atoms with Crippen LogP contribution in [0.3, 0.4) is 0 Å². The van der Waals surface area contributed by atoms with Crippen LogP contribution in [0.25, 0.3) is 5.57 Å². The Bertz CT molecular complexity index is 854. The third-order valence-electron chi connectivity index (χ3n) is 4.11. The van der Waals surface area contributed by atoms with Gasteiger partial charge < -0.3 is 5.73 Å². The van der Waals surface area contributed by atoms with Gasteiger partial charge in [0.2, 0.25) is 0 Å². The molecule has 0 fully saturated rings. The first-order chi connectivity index (χ1) is 11.6. The van der Waals surface area contributed by atoms with Crippen molar-refractivity contribution >= 4 is 17.0 Å². The fourth-order valence-electron chi connectivity index (χ4n) is 2.88. The van der Waals surface area contributed by atoms with Crippen molar-refractivity contribution in [3.8, 4) is 0 Å². The van der Waals surface area contributed by atoms with Gasteiger partial charge in [0, 0.05) is 23.0 Å². The van der Waals surface area contributed by atoms with E-state index < -0.39 is 0 Å². The van der Waals surface area contributed by atoms with Crippen molar-refractivity contribution in [1.29, 1.82) is 0 Å². The van der Waals surface area contributed by atoms with Crippen molar-refractivity contribution in [2.24, 2.45) is 4.99 Å². The molecule has 2 N–H and O–H groups in total. The molecule has 3 rings (SSSR count). The number of rotatable bonds is 4. The predicted octanol–water partition coefficient (Wildman–Crippen LogP) is 5.14. The molecule has 0 aromatic heterocycles. The number of nitrogens with two attached hydrogens (primary N) is 1. The minimum atomic E-state index is -0.224. The van der Waals surface area contributed by atoms with Crippen LogP contribution in [0.5, 0.6) is 0 Å². The molecule has 3 heteroatoms. The summed E-state index contributed by atoms with van der Waals surface area (Å²) in [6, 6.07) is 14.2. The molecule has 0 saturated heterocycles. The molecule has 0 atom stereocenters. The number of anilines is 1. The Morgan fingerprint density at radius 2 is 1.79 bits per heavy atom. The van der Waals surface area contributed by atoms with Crippen LogP contribution in [-0.2, 0) is 0 Å². The molecule has 24 heavy (non-hydrogen) atoms. The summed E-state index contributed by atoms with van der Waals surface area (Å²) in [4.78, 5) is 4.48. The normalized spacial score (nSPS) is 14.8. The third kappa shape index (κ3) is 3.20. The van der Waals surface area contributed by atoms with E-state index in [1.807, 2.05) is 36.4 Å². The fourth-order valence-corrected chi connectivity index (χ4v) is 2.88. The minimum absolute atomic E-state index is 0.224. The molecule has 0 amide bonds. The van der Waals surface area contributed by atoms with E-state index in [2.05, 4.69) is 24.6 Å². The highest BCUT2D eigenvalue weighted by Gasteiger charge is 2.19. The lowest BCUT2D eigenvalue weighted by Crippen LogP contribution is -2.04. The van der Waals surface area contributed by atoms with E-state index in [4.69, 9.17) is 5.73 Å². The number of benzene rings is 2. The van der Waals surface area contributed by atoms with Crippen LogP contribution < -0.4 is 5.73 Å². The summed E-state index contributed by atoms with van der Waals surface area (Å²) in [7, 11) is 0.